The first-order chi connectivity index (χ1) is 6.75. The molecule has 0 saturated carbocycles. The van der Waals surface area contributed by atoms with Crippen LogP contribution in [0, 0.1) is 6.92 Å². The van der Waals surface area contributed by atoms with Gasteiger partial charge < -0.3 is 10.2 Å². The lowest BCUT2D eigenvalue weighted by atomic mass is 10.2. The van der Waals surface area contributed by atoms with Crippen LogP contribution in [0.25, 0.3) is 0 Å². The van der Waals surface area contributed by atoms with Crippen molar-refractivity contribution in [2.45, 2.75) is 25.9 Å². The van der Waals surface area contributed by atoms with Gasteiger partial charge in [0.15, 0.2) is 0 Å². The number of aromatic amines is 1. The van der Waals surface area contributed by atoms with Crippen molar-refractivity contribution in [3.63, 3.8) is 0 Å². The highest BCUT2D eigenvalue weighted by atomic mass is 15.2. The predicted octanol–water partition coefficient (Wildman–Crippen LogP) is 0.512. The first-order valence-electron chi connectivity index (χ1n) is 5.16. The van der Waals surface area contributed by atoms with Gasteiger partial charge in [-0.25, -0.2) is 0 Å². The van der Waals surface area contributed by atoms with Gasteiger partial charge in [0.1, 0.15) is 0 Å². The molecule has 1 aliphatic heterocycles. The Labute approximate surface area is 84.7 Å². The zero-order valence-corrected chi connectivity index (χ0v) is 8.88. The van der Waals surface area contributed by atoms with Gasteiger partial charge in [0, 0.05) is 30.4 Å². The van der Waals surface area contributed by atoms with E-state index in [1.54, 1.807) is 0 Å². The molecule has 1 fully saturated rings. The third-order valence-electron chi connectivity index (χ3n) is 2.91. The summed E-state index contributed by atoms with van der Waals surface area (Å²) in [5.74, 6) is 0. The van der Waals surface area contributed by atoms with E-state index in [2.05, 4.69) is 34.4 Å². The van der Waals surface area contributed by atoms with E-state index in [1.165, 1.54) is 24.2 Å². The van der Waals surface area contributed by atoms with E-state index in [0.717, 1.165) is 13.1 Å². The van der Waals surface area contributed by atoms with Crippen LogP contribution in [0.1, 0.15) is 17.7 Å². The number of nitrogens with zero attached hydrogens (tertiary/aromatic N) is 2. The zero-order chi connectivity index (χ0) is 9.97. The van der Waals surface area contributed by atoms with Crippen LogP contribution < -0.4 is 5.32 Å². The minimum absolute atomic E-state index is 0.648. The molecule has 1 aliphatic rings. The van der Waals surface area contributed by atoms with E-state index in [4.69, 9.17) is 0 Å². The Balaban J connectivity index is 1.80. The summed E-state index contributed by atoms with van der Waals surface area (Å²) in [6.07, 6.45) is 3.16. The van der Waals surface area contributed by atoms with E-state index < -0.39 is 0 Å². The number of H-pyrrole nitrogens is 1. The number of aryl methyl sites for hydroxylation is 1. The molecular weight excluding hydrogens is 176 g/mol. The minimum Gasteiger partial charge on any atom is -0.308 e. The fourth-order valence-electron chi connectivity index (χ4n) is 1.91. The van der Waals surface area contributed by atoms with Gasteiger partial charge in [-0.15, -0.1) is 0 Å². The summed E-state index contributed by atoms with van der Waals surface area (Å²) in [7, 11) is 2.17. The molecule has 14 heavy (non-hydrogen) atoms. The number of likely N-dealkylation sites (tertiary alicyclic amines) is 1. The molecule has 78 valence electrons. The average molecular weight is 194 g/mol. The second-order valence-electron chi connectivity index (χ2n) is 4.15. The molecule has 0 radical (unpaired) electrons. The normalized spacial score (nSPS) is 23.1. The Kier molecular flexibility index (Phi) is 2.84. The summed E-state index contributed by atoms with van der Waals surface area (Å²) in [5, 5.41) is 10.5. The van der Waals surface area contributed by atoms with E-state index in [-0.39, 0.29) is 0 Å². The SMILES string of the molecule is Cc1[nH]ncc1CN[C@H]1CCN(C)C1. The van der Waals surface area contributed by atoms with Crippen molar-refractivity contribution in [3.05, 3.63) is 17.5 Å². The van der Waals surface area contributed by atoms with Crippen LogP contribution in [0.5, 0.6) is 0 Å². The van der Waals surface area contributed by atoms with Crippen molar-refractivity contribution in [2.24, 2.45) is 0 Å². The highest BCUT2D eigenvalue weighted by molar-refractivity contribution is 5.13. The van der Waals surface area contributed by atoms with E-state index >= 15 is 0 Å². The number of hydrogen-bond acceptors (Lipinski definition) is 3. The van der Waals surface area contributed by atoms with Gasteiger partial charge in [0.2, 0.25) is 0 Å². The Bertz CT molecular complexity index is 294. The second-order valence-corrected chi connectivity index (χ2v) is 4.15. The molecule has 0 amide bonds. The molecule has 1 atom stereocenters. The van der Waals surface area contributed by atoms with Crippen molar-refractivity contribution in [2.75, 3.05) is 20.1 Å². The minimum atomic E-state index is 0.648. The molecule has 1 aromatic heterocycles. The smallest absolute Gasteiger partial charge is 0.0535 e. The summed E-state index contributed by atoms with van der Waals surface area (Å²) < 4.78 is 0. The maximum Gasteiger partial charge on any atom is 0.0535 e. The van der Waals surface area contributed by atoms with Crippen molar-refractivity contribution in [1.82, 2.24) is 20.4 Å². The first-order valence-corrected chi connectivity index (χ1v) is 5.16. The number of hydrogen-bond donors (Lipinski definition) is 2. The largest absolute Gasteiger partial charge is 0.308 e. The second kappa shape index (κ2) is 4.11. The molecule has 0 bridgehead atoms. The summed E-state index contributed by atoms with van der Waals surface area (Å²) >= 11 is 0. The zero-order valence-electron chi connectivity index (χ0n) is 8.88. The lowest BCUT2D eigenvalue weighted by Crippen LogP contribution is -2.31. The molecule has 1 saturated heterocycles. The van der Waals surface area contributed by atoms with E-state index in [1.807, 2.05) is 6.20 Å². The summed E-state index contributed by atoms with van der Waals surface area (Å²) in [5.41, 5.74) is 2.45. The van der Waals surface area contributed by atoms with Gasteiger partial charge in [0.05, 0.1) is 6.20 Å². The van der Waals surface area contributed by atoms with E-state index in [9.17, 15) is 0 Å². The van der Waals surface area contributed by atoms with Crippen molar-refractivity contribution < 1.29 is 0 Å². The third-order valence-corrected chi connectivity index (χ3v) is 2.91. The first kappa shape index (κ1) is 9.68. The quantitative estimate of drug-likeness (QED) is 0.737. The highest BCUT2D eigenvalue weighted by Crippen LogP contribution is 2.08. The molecule has 4 heteroatoms. The van der Waals surface area contributed by atoms with Crippen LogP contribution >= 0.6 is 0 Å². The Morgan fingerprint density at radius 2 is 2.57 bits per heavy atom. The topological polar surface area (TPSA) is 44.0 Å². The van der Waals surface area contributed by atoms with Crippen molar-refractivity contribution in [3.8, 4) is 0 Å². The maximum atomic E-state index is 4.01. The Morgan fingerprint density at radius 1 is 1.71 bits per heavy atom. The van der Waals surface area contributed by atoms with Crippen LogP contribution in [-0.4, -0.2) is 41.3 Å². The molecule has 0 unspecified atom stereocenters. The van der Waals surface area contributed by atoms with Gasteiger partial charge in [-0.05, 0) is 26.9 Å². The molecule has 0 spiro atoms. The van der Waals surface area contributed by atoms with E-state index in [0.29, 0.717) is 6.04 Å². The highest BCUT2D eigenvalue weighted by Gasteiger charge is 2.18. The molecule has 1 aromatic rings. The lowest BCUT2D eigenvalue weighted by molar-refractivity contribution is 0.397. The van der Waals surface area contributed by atoms with Gasteiger partial charge in [0.25, 0.3) is 0 Å². The molecular formula is C10H18N4. The molecule has 2 rings (SSSR count). The summed E-state index contributed by atoms with van der Waals surface area (Å²) in [4.78, 5) is 2.36. The number of aromatic nitrogens is 2. The molecule has 2 heterocycles. The molecule has 4 nitrogen and oxygen atoms in total. The standard InChI is InChI=1S/C10H18N4/c1-8-9(6-12-13-8)5-11-10-3-4-14(2)7-10/h6,10-11H,3-5,7H2,1-2H3,(H,12,13)/t10-/m0/s1. The molecule has 2 N–H and O–H groups in total. The van der Waals surface area contributed by atoms with Crippen LogP contribution in [0.3, 0.4) is 0 Å². The predicted molar refractivity (Wildman–Crippen MR) is 56.1 cm³/mol. The van der Waals surface area contributed by atoms with Crippen molar-refractivity contribution in [1.29, 1.82) is 0 Å². The number of rotatable bonds is 3. The fourth-order valence-corrected chi connectivity index (χ4v) is 1.91. The monoisotopic (exact) mass is 194 g/mol. The fraction of sp³-hybridized carbons (Fsp3) is 0.700. The summed E-state index contributed by atoms with van der Waals surface area (Å²) in [6.45, 7) is 5.37. The van der Waals surface area contributed by atoms with Crippen LogP contribution in [0.15, 0.2) is 6.20 Å². The van der Waals surface area contributed by atoms with Gasteiger partial charge in [-0.2, -0.15) is 5.10 Å². The average Bonchev–Trinajstić information content (AvgIpc) is 2.72. The van der Waals surface area contributed by atoms with Crippen LogP contribution in [0.4, 0.5) is 0 Å². The number of nitrogens with one attached hydrogen (secondary N) is 2. The Morgan fingerprint density at radius 3 is 3.14 bits per heavy atom. The number of likely N-dealkylation sites (N-methyl/N-ethyl adjacent to an activating group) is 1. The molecule has 0 aromatic carbocycles. The Hall–Kier alpha value is -0.870. The lowest BCUT2D eigenvalue weighted by Gasteiger charge is -2.12. The van der Waals surface area contributed by atoms with Crippen LogP contribution in [-0.2, 0) is 6.54 Å². The van der Waals surface area contributed by atoms with Crippen molar-refractivity contribution >= 4 is 0 Å². The van der Waals surface area contributed by atoms with Gasteiger partial charge >= 0.3 is 0 Å². The maximum absolute atomic E-state index is 4.01. The van der Waals surface area contributed by atoms with Gasteiger partial charge in [-0.3, -0.25) is 5.10 Å². The third kappa shape index (κ3) is 2.13. The summed E-state index contributed by atoms with van der Waals surface area (Å²) in [6, 6.07) is 0.648. The molecule has 0 aliphatic carbocycles. The van der Waals surface area contributed by atoms with Crippen LogP contribution in [0.2, 0.25) is 0 Å². The van der Waals surface area contributed by atoms with Gasteiger partial charge in [-0.1, -0.05) is 0 Å².